The highest BCUT2D eigenvalue weighted by Crippen LogP contribution is 2.26. The van der Waals surface area contributed by atoms with E-state index in [4.69, 9.17) is 0 Å². The van der Waals surface area contributed by atoms with Crippen LogP contribution in [-0.4, -0.2) is 65.3 Å². The minimum absolute atomic E-state index is 0.233. The van der Waals surface area contributed by atoms with Crippen LogP contribution >= 0.6 is 0 Å². The predicted molar refractivity (Wildman–Crippen MR) is 142 cm³/mol. The number of anilines is 2. The summed E-state index contributed by atoms with van der Waals surface area (Å²) in [6.07, 6.45) is 5.23. The smallest absolute Gasteiger partial charge is 0.271 e. The maximum absolute atomic E-state index is 13.4. The van der Waals surface area contributed by atoms with Crippen molar-refractivity contribution in [1.29, 1.82) is 0 Å². The van der Waals surface area contributed by atoms with Gasteiger partial charge in [0.05, 0.1) is 24.5 Å². The normalized spacial score (nSPS) is 14.6. The molecule has 11 nitrogen and oxygen atoms in total. The second-order valence-corrected chi connectivity index (χ2v) is 9.37. The van der Waals surface area contributed by atoms with Crippen molar-refractivity contribution in [2.45, 2.75) is 32.5 Å². The van der Waals surface area contributed by atoms with Crippen molar-refractivity contribution in [3.63, 3.8) is 0 Å². The van der Waals surface area contributed by atoms with Crippen LogP contribution < -0.4 is 10.6 Å². The Morgan fingerprint density at radius 2 is 2.00 bits per heavy atom. The number of nitrogens with zero attached hydrogens (tertiary/aromatic N) is 6. The molecule has 1 aromatic carbocycles. The summed E-state index contributed by atoms with van der Waals surface area (Å²) in [6, 6.07) is 11.8. The number of nitrogens with one attached hydrogen (secondary N) is 2. The molecule has 2 atom stereocenters. The third-order valence-electron chi connectivity index (χ3n) is 6.76. The third kappa shape index (κ3) is 5.00. The molecule has 0 unspecified atom stereocenters. The molecule has 1 aliphatic rings. The molecule has 0 aliphatic carbocycles. The van der Waals surface area contributed by atoms with Gasteiger partial charge in [-0.15, -0.1) is 0 Å². The van der Waals surface area contributed by atoms with Crippen molar-refractivity contribution in [3.05, 3.63) is 77.9 Å². The number of aliphatic hydroxyl groups excluding tert-OH is 1. The molecular formula is C27H30N8O3. The van der Waals surface area contributed by atoms with Crippen LogP contribution in [-0.2, 0) is 18.4 Å². The highest BCUT2D eigenvalue weighted by Gasteiger charge is 2.33. The van der Waals surface area contributed by atoms with Crippen LogP contribution in [0.2, 0.25) is 0 Å². The Morgan fingerprint density at radius 3 is 2.74 bits per heavy atom. The molecule has 0 saturated carbocycles. The lowest BCUT2D eigenvalue weighted by molar-refractivity contribution is -0.126. The zero-order chi connectivity index (χ0) is 26.8. The molecule has 11 heteroatoms. The van der Waals surface area contributed by atoms with E-state index < -0.39 is 12.1 Å². The highest BCUT2D eigenvalue weighted by molar-refractivity contribution is 5.98. The summed E-state index contributed by atoms with van der Waals surface area (Å²) in [5, 5.41) is 20.1. The number of amides is 2. The predicted octanol–water partition coefficient (Wildman–Crippen LogP) is 2.42. The van der Waals surface area contributed by atoms with Crippen molar-refractivity contribution >= 4 is 23.6 Å². The molecular weight excluding hydrogens is 484 g/mol. The molecule has 1 aliphatic heterocycles. The number of aryl methyl sites for hydroxylation is 2. The number of fused-ring (bicyclic) bond motifs is 1. The van der Waals surface area contributed by atoms with E-state index in [1.165, 1.54) is 0 Å². The summed E-state index contributed by atoms with van der Waals surface area (Å²) in [5.74, 6) is 0.618. The van der Waals surface area contributed by atoms with Crippen LogP contribution in [0.1, 0.15) is 34.6 Å². The highest BCUT2D eigenvalue weighted by atomic mass is 16.3. The van der Waals surface area contributed by atoms with Crippen molar-refractivity contribution in [3.8, 4) is 11.3 Å². The summed E-state index contributed by atoms with van der Waals surface area (Å²) in [5.41, 5.74) is 3.79. The molecule has 0 spiro atoms. The van der Waals surface area contributed by atoms with E-state index in [9.17, 15) is 14.7 Å². The summed E-state index contributed by atoms with van der Waals surface area (Å²) in [6.45, 7) is 4.36. The van der Waals surface area contributed by atoms with Crippen molar-refractivity contribution in [2.24, 2.45) is 7.05 Å². The van der Waals surface area contributed by atoms with Gasteiger partial charge >= 0.3 is 0 Å². The van der Waals surface area contributed by atoms with Gasteiger partial charge in [-0.2, -0.15) is 5.10 Å². The second-order valence-electron chi connectivity index (χ2n) is 9.37. The minimum Gasteiger partial charge on any atom is -0.394 e. The van der Waals surface area contributed by atoms with Gasteiger partial charge in [-0.05, 0) is 31.5 Å². The molecule has 4 aromatic rings. The Bertz CT molecular complexity index is 1480. The Balaban J connectivity index is 1.30. The molecule has 3 aromatic heterocycles. The molecule has 4 heterocycles. The van der Waals surface area contributed by atoms with Gasteiger partial charge in [0.2, 0.25) is 11.9 Å². The number of benzene rings is 1. The summed E-state index contributed by atoms with van der Waals surface area (Å²) >= 11 is 0. The van der Waals surface area contributed by atoms with Crippen LogP contribution in [0.25, 0.3) is 11.3 Å². The van der Waals surface area contributed by atoms with E-state index in [0.717, 1.165) is 22.5 Å². The van der Waals surface area contributed by atoms with Gasteiger partial charge in [-0.25, -0.2) is 9.97 Å². The SMILES string of the molecule is Cc1cccc([C@@H](CO)NC(=O)[C@H](C)N2CCn3cc(-c4ccnc(Nc5ccnn5C)n4)cc3C2=O)c1. The lowest BCUT2D eigenvalue weighted by atomic mass is 10.0. The summed E-state index contributed by atoms with van der Waals surface area (Å²) < 4.78 is 3.57. The van der Waals surface area contributed by atoms with Crippen LogP contribution in [0, 0.1) is 6.92 Å². The van der Waals surface area contributed by atoms with Gasteiger partial charge in [0.1, 0.15) is 17.6 Å². The first kappa shape index (κ1) is 25.2. The van der Waals surface area contributed by atoms with E-state index in [1.807, 2.05) is 55.1 Å². The second kappa shape index (κ2) is 10.5. The van der Waals surface area contributed by atoms with Crippen molar-refractivity contribution in [1.82, 2.24) is 34.5 Å². The van der Waals surface area contributed by atoms with Crippen LogP contribution in [0.4, 0.5) is 11.8 Å². The third-order valence-corrected chi connectivity index (χ3v) is 6.76. The van der Waals surface area contributed by atoms with Crippen LogP contribution in [0.5, 0.6) is 0 Å². The van der Waals surface area contributed by atoms with Crippen LogP contribution in [0.3, 0.4) is 0 Å². The largest absolute Gasteiger partial charge is 0.394 e. The van der Waals surface area contributed by atoms with Crippen molar-refractivity contribution in [2.75, 3.05) is 18.5 Å². The van der Waals surface area contributed by atoms with Gasteiger partial charge < -0.3 is 25.2 Å². The lowest BCUT2D eigenvalue weighted by Gasteiger charge is -2.33. The zero-order valence-corrected chi connectivity index (χ0v) is 21.5. The topological polar surface area (TPSA) is 130 Å². The number of aliphatic hydroxyl groups is 1. The maximum atomic E-state index is 13.4. The molecule has 0 radical (unpaired) electrons. The fourth-order valence-electron chi connectivity index (χ4n) is 4.59. The summed E-state index contributed by atoms with van der Waals surface area (Å²) in [4.78, 5) is 37.0. The van der Waals surface area contributed by atoms with Gasteiger partial charge in [-0.1, -0.05) is 29.8 Å². The first-order chi connectivity index (χ1) is 18.3. The first-order valence-electron chi connectivity index (χ1n) is 12.4. The molecule has 5 rings (SSSR count). The van der Waals surface area contributed by atoms with Gasteiger partial charge in [0.25, 0.3) is 5.91 Å². The Morgan fingerprint density at radius 1 is 1.16 bits per heavy atom. The number of hydrogen-bond donors (Lipinski definition) is 3. The Kier molecular flexibility index (Phi) is 6.93. The Hall–Kier alpha value is -4.51. The number of hydrogen-bond acceptors (Lipinski definition) is 7. The molecule has 2 amide bonds. The fraction of sp³-hybridized carbons (Fsp3) is 0.296. The molecule has 0 saturated heterocycles. The van der Waals surface area contributed by atoms with Gasteiger partial charge in [0.15, 0.2) is 0 Å². The standard InChI is InChI=1S/C27H30N8O3/c1-17-5-4-6-19(13-17)22(16-36)30-25(37)18(2)35-12-11-34-15-20(14-23(34)26(35)38)21-7-9-28-27(31-21)32-24-8-10-29-33(24)3/h4-10,13-15,18,22,36H,11-12,16H2,1-3H3,(H,30,37)(H,28,31,32)/t18-,22+/m0/s1. The summed E-state index contributed by atoms with van der Waals surface area (Å²) in [7, 11) is 1.82. The number of aromatic nitrogens is 5. The number of carbonyl (C=O) groups excluding carboxylic acids is 2. The first-order valence-corrected chi connectivity index (χ1v) is 12.4. The van der Waals surface area contributed by atoms with E-state index in [1.54, 1.807) is 41.0 Å². The molecule has 196 valence electrons. The van der Waals surface area contributed by atoms with E-state index in [2.05, 4.69) is 25.7 Å². The minimum atomic E-state index is -0.706. The van der Waals surface area contributed by atoms with E-state index in [0.29, 0.717) is 30.4 Å². The quantitative estimate of drug-likeness (QED) is 0.329. The average molecular weight is 515 g/mol. The lowest BCUT2D eigenvalue weighted by Crippen LogP contribution is -2.52. The average Bonchev–Trinajstić information content (AvgIpc) is 3.54. The number of carbonyl (C=O) groups is 2. The fourth-order valence-corrected chi connectivity index (χ4v) is 4.59. The molecule has 3 N–H and O–H groups in total. The van der Waals surface area contributed by atoms with Gasteiger partial charge in [0, 0.05) is 44.2 Å². The van der Waals surface area contributed by atoms with E-state index in [-0.39, 0.29) is 18.4 Å². The zero-order valence-electron chi connectivity index (χ0n) is 21.5. The Labute approximate surface area is 220 Å². The van der Waals surface area contributed by atoms with E-state index >= 15 is 0 Å². The number of rotatable bonds is 8. The van der Waals surface area contributed by atoms with Crippen LogP contribution in [0.15, 0.2) is 61.1 Å². The monoisotopic (exact) mass is 514 g/mol. The molecule has 0 fully saturated rings. The maximum Gasteiger partial charge on any atom is 0.271 e. The molecule has 0 bridgehead atoms. The molecule has 38 heavy (non-hydrogen) atoms. The van der Waals surface area contributed by atoms with Crippen molar-refractivity contribution < 1.29 is 14.7 Å². The van der Waals surface area contributed by atoms with Gasteiger partial charge in [-0.3, -0.25) is 14.3 Å².